The first-order valence-electron chi connectivity index (χ1n) is 8.42. The van der Waals surface area contributed by atoms with E-state index in [1.54, 1.807) is 6.92 Å². The van der Waals surface area contributed by atoms with Crippen LogP contribution in [0, 0.1) is 6.92 Å². The van der Waals surface area contributed by atoms with Crippen LogP contribution in [-0.2, 0) is 20.1 Å². The molecule has 2 rings (SSSR count). The first-order chi connectivity index (χ1) is 11.6. The second kappa shape index (κ2) is 9.66. The van der Waals surface area contributed by atoms with Crippen LogP contribution < -0.4 is 0 Å². The van der Waals surface area contributed by atoms with Crippen molar-refractivity contribution in [2.45, 2.75) is 57.7 Å². The minimum atomic E-state index is -0.395. The van der Waals surface area contributed by atoms with Gasteiger partial charge in [-0.15, -0.1) is 11.8 Å². The Kier molecular flexibility index (Phi) is 7.55. The minimum Gasteiger partial charge on any atom is -0.455 e. The van der Waals surface area contributed by atoms with E-state index in [0.717, 1.165) is 12.8 Å². The van der Waals surface area contributed by atoms with E-state index in [4.69, 9.17) is 9.26 Å². The van der Waals surface area contributed by atoms with Crippen LogP contribution >= 0.6 is 11.8 Å². The predicted octanol–water partition coefficient (Wildman–Crippen LogP) is 2.34. The largest absolute Gasteiger partial charge is 0.455 e. The maximum absolute atomic E-state index is 12.3. The van der Waals surface area contributed by atoms with Crippen molar-refractivity contribution >= 4 is 23.6 Å². The molecule has 1 aliphatic carbocycles. The summed E-state index contributed by atoms with van der Waals surface area (Å²) in [6, 6.07) is 0.297. The molecular weight excluding hydrogens is 330 g/mol. The molecule has 0 saturated heterocycles. The number of esters is 1. The highest BCUT2D eigenvalue weighted by molar-refractivity contribution is 7.99. The van der Waals surface area contributed by atoms with Gasteiger partial charge in [0, 0.05) is 19.5 Å². The van der Waals surface area contributed by atoms with Crippen molar-refractivity contribution in [3.05, 3.63) is 11.7 Å². The number of aryl methyl sites for hydroxylation is 1. The van der Waals surface area contributed by atoms with Gasteiger partial charge >= 0.3 is 5.97 Å². The van der Waals surface area contributed by atoms with Gasteiger partial charge in [-0.25, -0.2) is 0 Å². The highest BCUT2D eigenvalue weighted by Crippen LogP contribution is 2.22. The van der Waals surface area contributed by atoms with Crippen LogP contribution in [0.4, 0.5) is 0 Å². The average molecular weight is 355 g/mol. The number of hydrogen-bond donors (Lipinski definition) is 0. The molecule has 0 bridgehead atoms. The van der Waals surface area contributed by atoms with E-state index in [-0.39, 0.29) is 18.3 Å². The van der Waals surface area contributed by atoms with Gasteiger partial charge in [0.05, 0.1) is 11.5 Å². The molecule has 0 atom stereocenters. The molecule has 1 saturated carbocycles. The van der Waals surface area contributed by atoms with Crippen molar-refractivity contribution in [2.24, 2.45) is 0 Å². The summed E-state index contributed by atoms with van der Waals surface area (Å²) in [5.74, 6) is 1.20. The number of hydrogen-bond acceptors (Lipinski definition) is 7. The number of carbonyl (C=O) groups is 2. The Bertz CT molecular complexity index is 543. The van der Waals surface area contributed by atoms with Crippen LogP contribution in [0.3, 0.4) is 0 Å². The van der Waals surface area contributed by atoms with Crippen LogP contribution in [0.5, 0.6) is 0 Å². The van der Waals surface area contributed by atoms with E-state index < -0.39 is 5.97 Å². The third kappa shape index (κ3) is 5.81. The number of aromatic nitrogens is 2. The van der Waals surface area contributed by atoms with E-state index in [9.17, 15) is 9.59 Å². The van der Waals surface area contributed by atoms with Gasteiger partial charge in [0.1, 0.15) is 0 Å². The summed E-state index contributed by atoms with van der Waals surface area (Å²) in [4.78, 5) is 29.9. The normalized spacial score (nSPS) is 15.2. The topological polar surface area (TPSA) is 85.5 Å². The zero-order chi connectivity index (χ0) is 17.4. The fourth-order valence-electron chi connectivity index (χ4n) is 2.92. The van der Waals surface area contributed by atoms with Crippen molar-refractivity contribution in [3.63, 3.8) is 0 Å². The first-order valence-corrected chi connectivity index (χ1v) is 9.57. The average Bonchev–Trinajstić information content (AvgIpc) is 3.00. The number of likely N-dealkylation sites (N-methyl/N-ethyl adjacent to an activating group) is 1. The lowest BCUT2D eigenvalue weighted by atomic mass is 9.94. The van der Waals surface area contributed by atoms with Gasteiger partial charge in [-0.1, -0.05) is 24.4 Å². The molecule has 1 fully saturated rings. The fraction of sp³-hybridized carbons (Fsp3) is 0.750. The van der Waals surface area contributed by atoms with E-state index in [1.165, 1.54) is 31.0 Å². The summed E-state index contributed by atoms with van der Waals surface area (Å²) in [6.45, 7) is 4.17. The minimum absolute atomic E-state index is 0.100. The van der Waals surface area contributed by atoms with Crippen molar-refractivity contribution in [1.82, 2.24) is 15.0 Å². The number of ether oxygens (including phenoxy) is 1. The number of thioether (sulfide) groups is 1. The van der Waals surface area contributed by atoms with Gasteiger partial charge in [-0.05, 0) is 19.8 Å². The molecule has 0 aliphatic heterocycles. The molecule has 0 N–H and O–H groups in total. The summed E-state index contributed by atoms with van der Waals surface area (Å²) in [6.07, 6.45) is 5.68. The smallest absolute Gasteiger partial charge is 0.316 e. The quantitative estimate of drug-likeness (QED) is 0.662. The Morgan fingerprint density at radius 3 is 2.71 bits per heavy atom. The molecule has 1 aliphatic rings. The number of nitrogens with zero attached hydrogens (tertiary/aromatic N) is 3. The first kappa shape index (κ1) is 18.8. The third-order valence-electron chi connectivity index (χ3n) is 4.05. The van der Waals surface area contributed by atoms with Gasteiger partial charge in [-0.3, -0.25) is 9.59 Å². The summed E-state index contributed by atoms with van der Waals surface area (Å²) in [7, 11) is 0. The summed E-state index contributed by atoms with van der Waals surface area (Å²) >= 11 is 1.34. The van der Waals surface area contributed by atoms with Gasteiger partial charge in [-0.2, -0.15) is 4.98 Å². The number of carbonyl (C=O) groups excluding carboxylic acids is 2. The molecule has 0 unspecified atom stereocenters. The third-order valence-corrected chi connectivity index (χ3v) is 4.96. The Balaban J connectivity index is 1.66. The van der Waals surface area contributed by atoms with E-state index >= 15 is 0 Å². The number of rotatable bonds is 8. The molecular formula is C16H25N3O4S. The lowest BCUT2D eigenvalue weighted by molar-refractivity contribution is -0.151. The molecule has 0 aromatic carbocycles. The SMILES string of the molecule is CCN(C(=O)COC(=O)CSCc1noc(C)n1)C1CCCCC1. The second-order valence-electron chi connectivity index (χ2n) is 5.85. The van der Waals surface area contributed by atoms with Crippen molar-refractivity contribution in [1.29, 1.82) is 0 Å². The highest BCUT2D eigenvalue weighted by atomic mass is 32.2. The molecule has 1 heterocycles. The monoisotopic (exact) mass is 355 g/mol. The summed E-state index contributed by atoms with van der Waals surface area (Å²) < 4.78 is 9.96. The van der Waals surface area contributed by atoms with Crippen molar-refractivity contribution in [3.8, 4) is 0 Å². The molecule has 1 aromatic rings. The highest BCUT2D eigenvalue weighted by Gasteiger charge is 2.24. The molecule has 134 valence electrons. The Hall–Kier alpha value is -1.57. The summed E-state index contributed by atoms with van der Waals surface area (Å²) in [5, 5.41) is 3.75. The van der Waals surface area contributed by atoms with E-state index in [0.29, 0.717) is 30.1 Å². The number of amides is 1. The molecule has 1 amide bonds. The standard InChI is InChI=1S/C16H25N3O4S/c1-3-19(13-7-5-4-6-8-13)15(20)9-22-16(21)11-24-10-14-17-12(2)23-18-14/h13H,3-11H2,1-2H3. The second-order valence-corrected chi connectivity index (χ2v) is 6.84. The van der Waals surface area contributed by atoms with Crippen LogP contribution in [0.25, 0.3) is 0 Å². The van der Waals surface area contributed by atoms with Gasteiger partial charge in [0.15, 0.2) is 12.4 Å². The van der Waals surface area contributed by atoms with E-state index in [2.05, 4.69) is 10.1 Å². The maximum atomic E-state index is 12.3. The molecule has 0 spiro atoms. The van der Waals surface area contributed by atoms with E-state index in [1.807, 2.05) is 11.8 Å². The van der Waals surface area contributed by atoms with Crippen LogP contribution in [0.1, 0.15) is 50.7 Å². The molecule has 24 heavy (non-hydrogen) atoms. The lowest BCUT2D eigenvalue weighted by Crippen LogP contribution is -2.43. The molecule has 7 nitrogen and oxygen atoms in total. The fourth-order valence-corrected chi connectivity index (χ4v) is 3.58. The molecule has 0 radical (unpaired) electrons. The van der Waals surface area contributed by atoms with Gasteiger partial charge in [0.2, 0.25) is 5.89 Å². The Morgan fingerprint density at radius 2 is 2.08 bits per heavy atom. The van der Waals surface area contributed by atoms with Crippen LogP contribution in [0.2, 0.25) is 0 Å². The lowest BCUT2D eigenvalue weighted by Gasteiger charge is -2.33. The van der Waals surface area contributed by atoms with Gasteiger partial charge in [0.25, 0.3) is 5.91 Å². The zero-order valence-corrected chi connectivity index (χ0v) is 15.1. The maximum Gasteiger partial charge on any atom is 0.316 e. The predicted molar refractivity (Wildman–Crippen MR) is 90.4 cm³/mol. The Morgan fingerprint density at radius 1 is 1.33 bits per heavy atom. The van der Waals surface area contributed by atoms with Crippen molar-refractivity contribution in [2.75, 3.05) is 18.9 Å². The zero-order valence-electron chi connectivity index (χ0n) is 14.3. The summed E-state index contributed by atoms with van der Waals surface area (Å²) in [5.41, 5.74) is 0. The molecule has 8 heteroatoms. The van der Waals surface area contributed by atoms with Crippen LogP contribution in [-0.4, -0.2) is 51.9 Å². The Labute approximate surface area is 146 Å². The van der Waals surface area contributed by atoms with Crippen LogP contribution in [0.15, 0.2) is 4.52 Å². The van der Waals surface area contributed by atoms with Crippen molar-refractivity contribution < 1.29 is 18.8 Å². The van der Waals surface area contributed by atoms with Gasteiger partial charge < -0.3 is 14.2 Å². The molecule has 1 aromatic heterocycles.